The second-order valence-electron chi connectivity index (χ2n) is 8.56. The highest BCUT2D eigenvalue weighted by atomic mass is 16.5. The molecule has 8 nitrogen and oxygen atoms in total. The molecule has 2 unspecified atom stereocenters. The van der Waals surface area contributed by atoms with Crippen molar-refractivity contribution >= 4 is 5.91 Å². The Morgan fingerprint density at radius 2 is 1.79 bits per heavy atom. The number of rotatable bonds is 9. The van der Waals surface area contributed by atoms with E-state index in [2.05, 4.69) is 27.3 Å². The number of carbonyl (C=O) groups excluding carboxylic acids is 1. The molecule has 4 rings (SSSR count). The zero-order valence-electron chi connectivity index (χ0n) is 20.0. The number of carbonyl (C=O) groups is 1. The molecule has 0 spiro atoms. The SMILES string of the molecule is CCC(NC(=O)C1CCCN(Cc2nc(-c3ccc(OC)cc3)no2)C1)c1ccc(OC)cc1. The van der Waals surface area contributed by atoms with E-state index in [9.17, 15) is 4.79 Å². The predicted octanol–water partition coefficient (Wildman–Crippen LogP) is 4.23. The number of amides is 1. The summed E-state index contributed by atoms with van der Waals surface area (Å²) in [5.41, 5.74) is 1.96. The standard InChI is InChI=1S/C26H32N4O4/c1-4-23(18-7-11-21(32-2)12-8-18)27-26(31)20-6-5-15-30(16-20)17-24-28-25(29-34-24)19-9-13-22(33-3)14-10-19/h7-14,20,23H,4-6,15-17H2,1-3H3,(H,27,31). The van der Waals surface area contributed by atoms with Crippen LogP contribution in [0.5, 0.6) is 11.5 Å². The van der Waals surface area contributed by atoms with E-state index >= 15 is 0 Å². The summed E-state index contributed by atoms with van der Waals surface area (Å²) in [6.07, 6.45) is 2.66. The Labute approximate surface area is 200 Å². The summed E-state index contributed by atoms with van der Waals surface area (Å²) in [5, 5.41) is 7.36. The molecule has 180 valence electrons. The quantitative estimate of drug-likeness (QED) is 0.507. The first-order valence-electron chi connectivity index (χ1n) is 11.7. The summed E-state index contributed by atoms with van der Waals surface area (Å²) in [6.45, 7) is 4.19. The molecule has 0 radical (unpaired) electrons. The zero-order valence-corrected chi connectivity index (χ0v) is 20.0. The maximum absolute atomic E-state index is 13.1. The maximum atomic E-state index is 13.1. The summed E-state index contributed by atoms with van der Waals surface area (Å²) in [5.74, 6) is 2.72. The van der Waals surface area contributed by atoms with Crippen LogP contribution in [-0.2, 0) is 11.3 Å². The fraction of sp³-hybridized carbons (Fsp3) is 0.423. The highest BCUT2D eigenvalue weighted by Gasteiger charge is 2.28. The lowest BCUT2D eigenvalue weighted by atomic mass is 9.95. The summed E-state index contributed by atoms with van der Waals surface area (Å²) in [4.78, 5) is 19.8. The van der Waals surface area contributed by atoms with Crippen molar-refractivity contribution in [3.63, 3.8) is 0 Å². The van der Waals surface area contributed by atoms with Gasteiger partial charge in [-0.3, -0.25) is 9.69 Å². The van der Waals surface area contributed by atoms with Crippen LogP contribution in [0.3, 0.4) is 0 Å². The van der Waals surface area contributed by atoms with Crippen LogP contribution in [0.1, 0.15) is 43.7 Å². The number of hydrogen-bond donors (Lipinski definition) is 1. The highest BCUT2D eigenvalue weighted by molar-refractivity contribution is 5.79. The number of methoxy groups -OCH3 is 2. The molecule has 1 fully saturated rings. The molecule has 2 aromatic carbocycles. The van der Waals surface area contributed by atoms with Gasteiger partial charge in [-0.2, -0.15) is 4.98 Å². The van der Waals surface area contributed by atoms with E-state index in [0.29, 0.717) is 24.8 Å². The Balaban J connectivity index is 1.34. The van der Waals surface area contributed by atoms with Gasteiger partial charge in [-0.1, -0.05) is 24.2 Å². The molecule has 3 aromatic rings. The van der Waals surface area contributed by atoms with E-state index < -0.39 is 0 Å². The van der Waals surface area contributed by atoms with E-state index in [1.807, 2.05) is 48.5 Å². The van der Waals surface area contributed by atoms with Crippen LogP contribution in [0.4, 0.5) is 0 Å². The average molecular weight is 465 g/mol. The highest BCUT2D eigenvalue weighted by Crippen LogP contribution is 2.24. The number of piperidine rings is 1. The van der Waals surface area contributed by atoms with Crippen LogP contribution in [0.2, 0.25) is 0 Å². The molecule has 0 saturated carbocycles. The molecule has 0 aliphatic carbocycles. The van der Waals surface area contributed by atoms with E-state index in [4.69, 9.17) is 14.0 Å². The Morgan fingerprint density at radius 3 is 2.44 bits per heavy atom. The molecule has 1 amide bonds. The Morgan fingerprint density at radius 1 is 1.12 bits per heavy atom. The van der Waals surface area contributed by atoms with Gasteiger partial charge < -0.3 is 19.3 Å². The summed E-state index contributed by atoms with van der Waals surface area (Å²) in [6, 6.07) is 15.4. The maximum Gasteiger partial charge on any atom is 0.241 e. The van der Waals surface area contributed by atoms with Crippen molar-refractivity contribution in [1.82, 2.24) is 20.4 Å². The van der Waals surface area contributed by atoms with Crippen LogP contribution < -0.4 is 14.8 Å². The number of benzene rings is 2. The first-order valence-corrected chi connectivity index (χ1v) is 11.7. The molecule has 2 heterocycles. The van der Waals surface area contributed by atoms with Crippen molar-refractivity contribution in [1.29, 1.82) is 0 Å². The minimum Gasteiger partial charge on any atom is -0.497 e. The van der Waals surface area contributed by atoms with Gasteiger partial charge in [0.25, 0.3) is 0 Å². The van der Waals surface area contributed by atoms with Gasteiger partial charge in [-0.25, -0.2) is 0 Å². The Kier molecular flexibility index (Phi) is 7.80. The molecule has 2 atom stereocenters. The largest absolute Gasteiger partial charge is 0.497 e. The lowest BCUT2D eigenvalue weighted by molar-refractivity contribution is -0.127. The van der Waals surface area contributed by atoms with Crippen LogP contribution in [-0.4, -0.2) is 48.3 Å². The van der Waals surface area contributed by atoms with Crippen molar-refractivity contribution in [3.05, 3.63) is 60.0 Å². The number of hydrogen-bond acceptors (Lipinski definition) is 7. The lowest BCUT2D eigenvalue weighted by Crippen LogP contribution is -2.43. The molecule has 8 heteroatoms. The van der Waals surface area contributed by atoms with E-state index in [1.165, 1.54) is 0 Å². The van der Waals surface area contributed by atoms with Gasteiger partial charge in [-0.05, 0) is 67.8 Å². The Hall–Kier alpha value is -3.39. The molecular formula is C26H32N4O4. The first-order chi connectivity index (χ1) is 16.6. The van der Waals surface area contributed by atoms with Crippen LogP contribution in [0, 0.1) is 5.92 Å². The first kappa shape index (κ1) is 23.8. The van der Waals surface area contributed by atoms with Gasteiger partial charge >= 0.3 is 0 Å². The molecule has 0 bridgehead atoms. The van der Waals surface area contributed by atoms with Crippen molar-refractivity contribution in [2.75, 3.05) is 27.3 Å². The second kappa shape index (κ2) is 11.2. The molecule has 1 N–H and O–H groups in total. The summed E-state index contributed by atoms with van der Waals surface area (Å²) < 4.78 is 15.9. The predicted molar refractivity (Wildman–Crippen MR) is 128 cm³/mol. The molecule has 1 saturated heterocycles. The average Bonchev–Trinajstić information content (AvgIpc) is 3.35. The van der Waals surface area contributed by atoms with Crippen molar-refractivity contribution in [2.24, 2.45) is 5.92 Å². The third kappa shape index (κ3) is 5.75. The van der Waals surface area contributed by atoms with Gasteiger partial charge in [0.1, 0.15) is 11.5 Å². The van der Waals surface area contributed by atoms with E-state index in [-0.39, 0.29) is 17.9 Å². The van der Waals surface area contributed by atoms with Crippen molar-refractivity contribution in [3.8, 4) is 22.9 Å². The number of nitrogens with one attached hydrogen (secondary N) is 1. The number of nitrogens with zero attached hydrogens (tertiary/aromatic N) is 3. The minimum absolute atomic E-state index is 0.0169. The number of aromatic nitrogens is 2. The zero-order chi connectivity index (χ0) is 23.9. The third-order valence-electron chi connectivity index (χ3n) is 6.29. The van der Waals surface area contributed by atoms with Gasteiger partial charge in [0.15, 0.2) is 0 Å². The number of likely N-dealkylation sites (tertiary alicyclic amines) is 1. The van der Waals surface area contributed by atoms with E-state index in [1.54, 1.807) is 14.2 Å². The fourth-order valence-electron chi connectivity index (χ4n) is 4.33. The van der Waals surface area contributed by atoms with Crippen LogP contribution >= 0.6 is 0 Å². The molecular weight excluding hydrogens is 432 g/mol. The van der Waals surface area contributed by atoms with Gasteiger partial charge in [0, 0.05) is 12.1 Å². The van der Waals surface area contributed by atoms with Crippen molar-refractivity contribution < 1.29 is 18.8 Å². The lowest BCUT2D eigenvalue weighted by Gasteiger charge is -2.32. The third-order valence-corrected chi connectivity index (χ3v) is 6.29. The van der Waals surface area contributed by atoms with Crippen LogP contribution in [0.15, 0.2) is 53.1 Å². The van der Waals surface area contributed by atoms with Gasteiger partial charge in [0.2, 0.25) is 17.6 Å². The van der Waals surface area contributed by atoms with Gasteiger partial charge in [-0.15, -0.1) is 0 Å². The monoisotopic (exact) mass is 464 g/mol. The summed E-state index contributed by atoms with van der Waals surface area (Å²) in [7, 11) is 3.28. The number of ether oxygens (including phenoxy) is 2. The molecule has 34 heavy (non-hydrogen) atoms. The molecule has 1 aromatic heterocycles. The van der Waals surface area contributed by atoms with Crippen LogP contribution in [0.25, 0.3) is 11.4 Å². The van der Waals surface area contributed by atoms with E-state index in [0.717, 1.165) is 48.4 Å². The fourth-order valence-corrected chi connectivity index (χ4v) is 4.33. The smallest absolute Gasteiger partial charge is 0.241 e. The second-order valence-corrected chi connectivity index (χ2v) is 8.56. The van der Waals surface area contributed by atoms with Gasteiger partial charge in [0.05, 0.1) is 32.7 Å². The minimum atomic E-state index is -0.0648. The molecule has 1 aliphatic rings. The molecule has 1 aliphatic heterocycles. The topological polar surface area (TPSA) is 89.7 Å². The Bertz CT molecular complexity index is 1070. The summed E-state index contributed by atoms with van der Waals surface area (Å²) >= 11 is 0. The normalized spacial score (nSPS) is 17.2. The van der Waals surface area contributed by atoms with Crippen molar-refractivity contribution in [2.45, 2.75) is 38.8 Å².